The van der Waals surface area contributed by atoms with Gasteiger partial charge in [-0.25, -0.2) is 0 Å². The van der Waals surface area contributed by atoms with Gasteiger partial charge in [-0.15, -0.1) is 0 Å². The Bertz CT molecular complexity index is 616. The lowest BCUT2D eigenvalue weighted by Crippen LogP contribution is -2.52. The van der Waals surface area contributed by atoms with Crippen molar-refractivity contribution >= 4 is 34.8 Å². The second-order valence-corrected chi connectivity index (χ2v) is 6.01. The first-order valence-electron chi connectivity index (χ1n) is 6.86. The normalized spacial score (nSPS) is 15.7. The molecule has 0 saturated carbocycles. The molecule has 2 rings (SSSR count). The number of benzene rings is 1. The molecule has 0 atom stereocenters. The average molecular weight is 366 g/mol. The minimum absolute atomic E-state index is 0.146. The number of rotatable bonds is 2. The molecule has 1 heterocycles. The van der Waals surface area contributed by atoms with Crippen molar-refractivity contribution in [1.29, 1.82) is 0 Å². The molecule has 1 aliphatic heterocycles. The summed E-state index contributed by atoms with van der Waals surface area (Å²) < 4.78 is 38.2. The van der Waals surface area contributed by atoms with Gasteiger partial charge >= 0.3 is 6.18 Å². The summed E-state index contributed by atoms with van der Waals surface area (Å²) in [6.45, 7) is 1.87. The summed E-state index contributed by atoms with van der Waals surface area (Å²) in [6.07, 6.45) is -4.64. The smallest absolute Gasteiger partial charge is 0.376 e. The molecular formula is C14H15ClF3N3OS. The van der Waals surface area contributed by atoms with Gasteiger partial charge in [0.05, 0.1) is 12.0 Å². The van der Waals surface area contributed by atoms with Crippen molar-refractivity contribution in [3.05, 3.63) is 34.3 Å². The van der Waals surface area contributed by atoms with Gasteiger partial charge in [0.25, 0.3) is 0 Å². The SMILES string of the molecule is NC(=S)N1CCN(C(=O)Cc2cc(C(F)(F)F)ccc2Cl)CC1. The standard InChI is InChI=1S/C14H15ClF3N3OS/c15-11-2-1-10(14(16,17)18)7-9(11)8-12(22)20-3-5-21(6-4-20)13(19)23/h1-2,7H,3-6,8H2,(H2,19,23). The minimum Gasteiger partial charge on any atom is -0.376 e. The molecule has 1 aliphatic rings. The Balaban J connectivity index is 2.05. The molecule has 0 aromatic heterocycles. The third kappa shape index (κ3) is 4.48. The zero-order valence-corrected chi connectivity index (χ0v) is 13.6. The van der Waals surface area contributed by atoms with Crippen LogP contribution in [0, 0.1) is 0 Å². The summed E-state index contributed by atoms with van der Waals surface area (Å²) in [5.74, 6) is -0.270. The van der Waals surface area contributed by atoms with Crippen molar-refractivity contribution in [2.45, 2.75) is 12.6 Å². The molecule has 9 heteroatoms. The Morgan fingerprint density at radius 2 is 1.78 bits per heavy atom. The Labute approximate surface area is 142 Å². The second-order valence-electron chi connectivity index (χ2n) is 5.19. The number of amides is 1. The van der Waals surface area contributed by atoms with E-state index in [1.54, 1.807) is 9.80 Å². The third-order valence-corrected chi connectivity index (χ3v) is 4.29. The van der Waals surface area contributed by atoms with Crippen LogP contribution in [0.1, 0.15) is 11.1 Å². The van der Waals surface area contributed by atoms with E-state index in [0.29, 0.717) is 26.2 Å². The van der Waals surface area contributed by atoms with E-state index in [9.17, 15) is 18.0 Å². The van der Waals surface area contributed by atoms with E-state index in [2.05, 4.69) is 0 Å². The van der Waals surface area contributed by atoms with Crippen LogP contribution >= 0.6 is 23.8 Å². The molecule has 2 N–H and O–H groups in total. The van der Waals surface area contributed by atoms with Crippen molar-refractivity contribution in [2.24, 2.45) is 5.73 Å². The number of halogens is 4. The van der Waals surface area contributed by atoms with Crippen molar-refractivity contribution in [3.63, 3.8) is 0 Å². The highest BCUT2D eigenvalue weighted by molar-refractivity contribution is 7.80. The summed E-state index contributed by atoms with van der Waals surface area (Å²) in [6, 6.07) is 2.99. The van der Waals surface area contributed by atoms with Gasteiger partial charge in [0, 0.05) is 31.2 Å². The number of hydrogen-bond acceptors (Lipinski definition) is 2. The first-order chi connectivity index (χ1) is 10.7. The van der Waals surface area contributed by atoms with Crippen LogP contribution in [-0.4, -0.2) is 47.0 Å². The van der Waals surface area contributed by atoms with E-state index >= 15 is 0 Å². The van der Waals surface area contributed by atoms with Crippen LogP contribution in [-0.2, 0) is 17.4 Å². The van der Waals surface area contributed by atoms with E-state index in [4.69, 9.17) is 29.6 Å². The highest BCUT2D eigenvalue weighted by atomic mass is 35.5. The van der Waals surface area contributed by atoms with Crippen LogP contribution < -0.4 is 5.73 Å². The number of hydrogen-bond donors (Lipinski definition) is 1. The van der Waals surface area contributed by atoms with E-state index in [0.717, 1.165) is 18.2 Å². The Morgan fingerprint density at radius 1 is 1.22 bits per heavy atom. The molecule has 1 fully saturated rings. The van der Waals surface area contributed by atoms with Crippen molar-refractivity contribution in [2.75, 3.05) is 26.2 Å². The van der Waals surface area contributed by atoms with Crippen LogP contribution in [0.2, 0.25) is 5.02 Å². The molecule has 1 aromatic carbocycles. The zero-order valence-electron chi connectivity index (χ0n) is 12.1. The maximum atomic E-state index is 12.7. The van der Waals surface area contributed by atoms with Crippen LogP contribution in [0.15, 0.2) is 18.2 Å². The summed E-state index contributed by atoms with van der Waals surface area (Å²) in [7, 11) is 0. The number of alkyl halides is 3. The van der Waals surface area contributed by atoms with E-state index in [1.807, 2.05) is 0 Å². The summed E-state index contributed by atoms with van der Waals surface area (Å²) >= 11 is 10.8. The molecule has 1 aromatic rings. The largest absolute Gasteiger partial charge is 0.416 e. The van der Waals surface area contributed by atoms with Crippen LogP contribution in [0.3, 0.4) is 0 Å². The van der Waals surface area contributed by atoms with E-state index in [-0.39, 0.29) is 28.0 Å². The van der Waals surface area contributed by atoms with Gasteiger partial charge in [0.1, 0.15) is 0 Å². The second kappa shape index (κ2) is 6.92. The van der Waals surface area contributed by atoms with Crippen LogP contribution in [0.5, 0.6) is 0 Å². The lowest BCUT2D eigenvalue weighted by molar-refractivity contribution is -0.138. The molecule has 1 amide bonds. The number of carbonyl (C=O) groups excluding carboxylic acids is 1. The van der Waals surface area contributed by atoms with Gasteiger partial charge in [-0.05, 0) is 36.0 Å². The summed E-state index contributed by atoms with van der Waals surface area (Å²) in [5, 5.41) is 0.422. The molecule has 23 heavy (non-hydrogen) atoms. The average Bonchev–Trinajstić information content (AvgIpc) is 2.48. The van der Waals surface area contributed by atoms with Gasteiger partial charge in [-0.1, -0.05) is 11.6 Å². The Morgan fingerprint density at radius 3 is 2.30 bits per heavy atom. The molecular weight excluding hydrogens is 351 g/mol. The summed E-state index contributed by atoms with van der Waals surface area (Å²) in [5.41, 5.74) is 4.87. The predicted molar refractivity (Wildman–Crippen MR) is 85.1 cm³/mol. The van der Waals surface area contributed by atoms with Gasteiger partial charge in [0.2, 0.25) is 5.91 Å². The quantitative estimate of drug-likeness (QED) is 0.817. The van der Waals surface area contributed by atoms with Crippen LogP contribution in [0.25, 0.3) is 0 Å². The maximum Gasteiger partial charge on any atom is 0.416 e. The fourth-order valence-electron chi connectivity index (χ4n) is 2.34. The number of nitrogens with zero attached hydrogens (tertiary/aromatic N) is 2. The molecule has 0 aliphatic carbocycles. The topological polar surface area (TPSA) is 49.6 Å². The van der Waals surface area contributed by atoms with Gasteiger partial charge < -0.3 is 15.5 Å². The molecule has 4 nitrogen and oxygen atoms in total. The first-order valence-corrected chi connectivity index (χ1v) is 7.65. The number of nitrogens with two attached hydrogens (primary N) is 1. The van der Waals surface area contributed by atoms with Gasteiger partial charge in [0.15, 0.2) is 5.11 Å². The maximum absolute atomic E-state index is 12.7. The molecule has 1 saturated heterocycles. The third-order valence-electron chi connectivity index (χ3n) is 3.66. The molecule has 0 bridgehead atoms. The summed E-state index contributed by atoms with van der Waals surface area (Å²) in [4.78, 5) is 15.6. The van der Waals surface area contributed by atoms with Crippen molar-refractivity contribution < 1.29 is 18.0 Å². The molecule has 0 radical (unpaired) electrons. The minimum atomic E-state index is -4.47. The lowest BCUT2D eigenvalue weighted by atomic mass is 10.1. The molecule has 126 valence electrons. The first kappa shape index (κ1) is 17.8. The fraction of sp³-hybridized carbons (Fsp3) is 0.429. The highest BCUT2D eigenvalue weighted by Crippen LogP contribution is 2.32. The van der Waals surface area contributed by atoms with E-state index < -0.39 is 11.7 Å². The zero-order chi connectivity index (χ0) is 17.2. The van der Waals surface area contributed by atoms with Crippen molar-refractivity contribution in [3.8, 4) is 0 Å². The predicted octanol–water partition coefficient (Wildman–Crippen LogP) is 2.29. The number of thiocarbonyl (C=S) groups is 1. The number of piperazine rings is 1. The Kier molecular flexibility index (Phi) is 5.36. The van der Waals surface area contributed by atoms with Crippen LogP contribution in [0.4, 0.5) is 13.2 Å². The Hall–Kier alpha value is -1.54. The highest BCUT2D eigenvalue weighted by Gasteiger charge is 2.31. The molecule has 0 spiro atoms. The molecule has 0 unspecified atom stereocenters. The number of carbonyl (C=O) groups is 1. The lowest BCUT2D eigenvalue weighted by Gasteiger charge is -2.35. The van der Waals surface area contributed by atoms with E-state index in [1.165, 1.54) is 0 Å². The van der Waals surface area contributed by atoms with Gasteiger partial charge in [-0.2, -0.15) is 13.2 Å². The fourth-order valence-corrected chi connectivity index (χ4v) is 2.70. The monoisotopic (exact) mass is 365 g/mol. The van der Waals surface area contributed by atoms with Gasteiger partial charge in [-0.3, -0.25) is 4.79 Å². The van der Waals surface area contributed by atoms with Crippen molar-refractivity contribution in [1.82, 2.24) is 9.80 Å².